The number of benzene rings is 3. The van der Waals surface area contributed by atoms with Crippen molar-refractivity contribution in [3.8, 4) is 17.2 Å². The zero-order valence-corrected chi connectivity index (χ0v) is 20.6. The Balaban J connectivity index is 1.63. The molecule has 186 valence electrons. The number of para-hydroxylation sites is 1. The highest BCUT2D eigenvalue weighted by Gasteiger charge is 2.61. The van der Waals surface area contributed by atoms with Crippen LogP contribution in [-0.4, -0.2) is 39.2 Å². The number of carbonyl (C=O) groups is 2. The summed E-state index contributed by atoms with van der Waals surface area (Å²) in [6.07, 6.45) is -0.115. The molecule has 0 aromatic heterocycles. The van der Waals surface area contributed by atoms with Crippen LogP contribution in [0.1, 0.15) is 24.1 Å². The second-order valence-corrected chi connectivity index (χ2v) is 8.61. The van der Waals surface area contributed by atoms with Gasteiger partial charge in [0.05, 0.1) is 32.7 Å². The molecule has 0 spiro atoms. The number of imide groups is 1. The Kier molecular flexibility index (Phi) is 6.28. The zero-order valence-electron chi connectivity index (χ0n) is 20.6. The summed E-state index contributed by atoms with van der Waals surface area (Å²) in [5.41, 5.74) is 3.02. The summed E-state index contributed by atoms with van der Waals surface area (Å²) >= 11 is 0. The number of fused-ring (bicyclic) bond motifs is 1. The van der Waals surface area contributed by atoms with Crippen LogP contribution in [0.25, 0.3) is 0 Å². The van der Waals surface area contributed by atoms with Gasteiger partial charge in [-0.2, -0.15) is 0 Å². The van der Waals surface area contributed by atoms with Crippen molar-refractivity contribution in [3.63, 3.8) is 0 Å². The van der Waals surface area contributed by atoms with Gasteiger partial charge in [0.25, 0.3) is 5.91 Å². The Bertz CT molecular complexity index is 1280. The highest BCUT2D eigenvalue weighted by Crippen LogP contribution is 2.52. The normalized spacial score (nSPS) is 21.1. The molecule has 2 amide bonds. The minimum atomic E-state index is -0.980. The Morgan fingerprint density at radius 1 is 0.778 bits per heavy atom. The van der Waals surface area contributed by atoms with Crippen molar-refractivity contribution in [2.45, 2.75) is 25.5 Å². The molecule has 3 aromatic carbocycles. The van der Waals surface area contributed by atoms with Crippen LogP contribution in [0.2, 0.25) is 0 Å². The topological polar surface area (TPSA) is 77.5 Å². The minimum Gasteiger partial charge on any atom is -0.493 e. The van der Waals surface area contributed by atoms with Crippen LogP contribution in [0.5, 0.6) is 17.2 Å². The fourth-order valence-electron chi connectivity index (χ4n) is 5.02. The van der Waals surface area contributed by atoms with Crippen LogP contribution in [0, 0.1) is 5.92 Å². The number of hydrogen-bond donors (Lipinski definition) is 0. The molecule has 0 saturated carbocycles. The van der Waals surface area contributed by atoms with Crippen molar-refractivity contribution >= 4 is 23.2 Å². The fourth-order valence-corrected chi connectivity index (χ4v) is 5.02. The first kappa shape index (κ1) is 23.7. The highest BCUT2D eigenvalue weighted by atomic mass is 16.7. The fraction of sp³-hybridized carbons (Fsp3) is 0.286. The summed E-state index contributed by atoms with van der Waals surface area (Å²) in [5, 5.41) is 1.63. The summed E-state index contributed by atoms with van der Waals surface area (Å²) in [5.74, 6) is -0.204. The van der Waals surface area contributed by atoms with Crippen LogP contribution in [0.3, 0.4) is 0 Å². The predicted octanol–water partition coefficient (Wildman–Crippen LogP) is 4.33. The number of hydrogen-bond acceptors (Lipinski definition) is 7. The highest BCUT2D eigenvalue weighted by molar-refractivity contribution is 6.24. The van der Waals surface area contributed by atoms with Crippen LogP contribution in [0.4, 0.5) is 11.4 Å². The molecule has 0 aliphatic carbocycles. The van der Waals surface area contributed by atoms with Gasteiger partial charge in [-0.25, -0.2) is 9.96 Å². The van der Waals surface area contributed by atoms with Crippen molar-refractivity contribution in [1.82, 2.24) is 0 Å². The maximum Gasteiger partial charge on any atom is 0.266 e. The largest absolute Gasteiger partial charge is 0.493 e. The Morgan fingerprint density at radius 2 is 1.47 bits per heavy atom. The van der Waals surface area contributed by atoms with Crippen molar-refractivity contribution in [3.05, 3.63) is 77.9 Å². The Labute approximate surface area is 209 Å². The molecule has 0 bridgehead atoms. The van der Waals surface area contributed by atoms with Crippen molar-refractivity contribution in [2.75, 3.05) is 31.3 Å². The number of aryl methyl sites for hydroxylation is 1. The Hall–Kier alpha value is -4.04. The van der Waals surface area contributed by atoms with Gasteiger partial charge in [0.15, 0.2) is 17.6 Å². The van der Waals surface area contributed by atoms with Gasteiger partial charge in [-0.15, -0.1) is 0 Å². The molecule has 2 saturated heterocycles. The van der Waals surface area contributed by atoms with Gasteiger partial charge in [-0.3, -0.25) is 14.4 Å². The van der Waals surface area contributed by atoms with Crippen LogP contribution < -0.4 is 24.2 Å². The lowest BCUT2D eigenvalue weighted by atomic mass is 9.89. The molecule has 8 nitrogen and oxygen atoms in total. The van der Waals surface area contributed by atoms with E-state index in [4.69, 9.17) is 19.0 Å². The van der Waals surface area contributed by atoms with E-state index in [2.05, 4.69) is 6.92 Å². The maximum atomic E-state index is 13.9. The Morgan fingerprint density at radius 3 is 2.08 bits per heavy atom. The third kappa shape index (κ3) is 3.65. The summed E-state index contributed by atoms with van der Waals surface area (Å²) in [6, 6.07) is 19.8. The molecule has 2 heterocycles. The van der Waals surface area contributed by atoms with Gasteiger partial charge in [-0.1, -0.05) is 37.3 Å². The van der Waals surface area contributed by atoms with Gasteiger partial charge in [-0.05, 0) is 48.4 Å². The molecule has 2 fully saturated rings. The predicted molar refractivity (Wildman–Crippen MR) is 134 cm³/mol. The molecule has 2 aliphatic rings. The number of rotatable bonds is 7. The summed E-state index contributed by atoms with van der Waals surface area (Å²) in [7, 11) is 4.60. The van der Waals surface area contributed by atoms with Crippen molar-refractivity contribution in [2.24, 2.45) is 5.92 Å². The first-order chi connectivity index (χ1) is 17.5. The van der Waals surface area contributed by atoms with Gasteiger partial charge in [0.1, 0.15) is 12.0 Å². The summed E-state index contributed by atoms with van der Waals surface area (Å²) in [6.45, 7) is 2.05. The van der Waals surface area contributed by atoms with E-state index in [0.29, 0.717) is 34.2 Å². The lowest BCUT2D eigenvalue weighted by Crippen LogP contribution is -2.37. The van der Waals surface area contributed by atoms with Gasteiger partial charge in [0.2, 0.25) is 11.7 Å². The number of amides is 2. The van der Waals surface area contributed by atoms with E-state index in [9.17, 15) is 9.59 Å². The van der Waals surface area contributed by atoms with E-state index < -0.39 is 24.0 Å². The van der Waals surface area contributed by atoms with Crippen LogP contribution >= 0.6 is 0 Å². The molecule has 8 heteroatoms. The number of anilines is 2. The average Bonchev–Trinajstić information content (AvgIpc) is 3.43. The maximum absolute atomic E-state index is 13.9. The van der Waals surface area contributed by atoms with E-state index in [1.807, 2.05) is 48.5 Å². The number of carbonyl (C=O) groups excluding carboxylic acids is 2. The molecular weight excluding hydrogens is 460 g/mol. The van der Waals surface area contributed by atoms with E-state index in [1.54, 1.807) is 30.4 Å². The second kappa shape index (κ2) is 9.54. The second-order valence-electron chi connectivity index (χ2n) is 8.61. The quantitative estimate of drug-likeness (QED) is 0.458. The monoisotopic (exact) mass is 488 g/mol. The van der Waals surface area contributed by atoms with Gasteiger partial charge < -0.3 is 14.2 Å². The SMILES string of the molecule is CCc1ccc(N2C(=O)[C@H]3[C@H](ON(c4ccccc4)[C@@H]3c3ccc(OC)c(OC)c3OC)C2=O)cc1. The molecular formula is C28H28N2O6. The number of hydroxylamine groups is 1. The van der Waals surface area contributed by atoms with E-state index in [-0.39, 0.29) is 5.91 Å². The zero-order chi connectivity index (χ0) is 25.4. The molecule has 5 rings (SSSR count). The van der Waals surface area contributed by atoms with Crippen LogP contribution in [-0.2, 0) is 20.8 Å². The molecule has 2 aliphatic heterocycles. The lowest BCUT2D eigenvalue weighted by molar-refractivity contribution is -0.126. The standard InChI is InChI=1S/C28H28N2O6/c1-5-17-11-13-18(14-12-17)29-27(31)22-23(20-15-16-21(33-2)25(35-4)24(20)34-3)30(36-26(22)28(29)32)19-9-7-6-8-10-19/h6-16,22-23,26H,5H2,1-4H3/t22-,23-,26+/m1/s1. The molecule has 0 N–H and O–H groups in total. The number of ether oxygens (including phenoxy) is 3. The summed E-state index contributed by atoms with van der Waals surface area (Å²) in [4.78, 5) is 34.9. The molecule has 0 radical (unpaired) electrons. The van der Waals surface area contributed by atoms with E-state index >= 15 is 0 Å². The average molecular weight is 489 g/mol. The number of nitrogens with zero attached hydrogens (tertiary/aromatic N) is 2. The lowest BCUT2D eigenvalue weighted by Gasteiger charge is -2.30. The molecule has 3 aromatic rings. The van der Waals surface area contributed by atoms with E-state index in [1.165, 1.54) is 19.1 Å². The van der Waals surface area contributed by atoms with Gasteiger partial charge in [0, 0.05) is 5.56 Å². The van der Waals surface area contributed by atoms with Crippen molar-refractivity contribution < 1.29 is 28.6 Å². The molecule has 0 unspecified atom stereocenters. The minimum absolute atomic E-state index is 0.325. The third-order valence-corrected chi connectivity index (χ3v) is 6.78. The summed E-state index contributed by atoms with van der Waals surface area (Å²) < 4.78 is 16.8. The first-order valence-corrected chi connectivity index (χ1v) is 11.8. The van der Waals surface area contributed by atoms with Crippen LogP contribution in [0.15, 0.2) is 66.7 Å². The van der Waals surface area contributed by atoms with E-state index in [0.717, 1.165) is 12.0 Å². The molecule has 36 heavy (non-hydrogen) atoms. The number of methoxy groups -OCH3 is 3. The van der Waals surface area contributed by atoms with Gasteiger partial charge >= 0.3 is 0 Å². The third-order valence-electron chi connectivity index (χ3n) is 6.78. The first-order valence-electron chi connectivity index (χ1n) is 11.8. The molecule has 3 atom stereocenters. The van der Waals surface area contributed by atoms with Crippen molar-refractivity contribution in [1.29, 1.82) is 0 Å². The smallest absolute Gasteiger partial charge is 0.266 e.